The van der Waals surface area contributed by atoms with Gasteiger partial charge in [0.2, 0.25) is 5.91 Å². The van der Waals surface area contributed by atoms with E-state index in [9.17, 15) is 14.0 Å². The van der Waals surface area contributed by atoms with Gasteiger partial charge in [0.15, 0.2) is 0 Å². The molecule has 2 heterocycles. The zero-order valence-corrected chi connectivity index (χ0v) is 15.5. The number of halogens is 1. The maximum absolute atomic E-state index is 13.5. The monoisotopic (exact) mass is 380 g/mol. The molecular formula is C21H21FN4O2. The van der Waals surface area contributed by atoms with Gasteiger partial charge in [-0.2, -0.15) is 0 Å². The number of fused-ring (bicyclic) bond motifs is 1. The molecule has 144 valence electrons. The number of hydrogen-bond donors (Lipinski definition) is 3. The van der Waals surface area contributed by atoms with E-state index in [0.717, 1.165) is 30.9 Å². The molecule has 0 radical (unpaired) electrons. The Balaban J connectivity index is 1.43. The summed E-state index contributed by atoms with van der Waals surface area (Å²) in [4.78, 5) is 25.5. The Kier molecular flexibility index (Phi) is 4.73. The molecule has 0 saturated carbocycles. The van der Waals surface area contributed by atoms with E-state index in [4.69, 9.17) is 0 Å². The van der Waals surface area contributed by atoms with E-state index in [1.807, 2.05) is 24.3 Å². The third-order valence-electron chi connectivity index (χ3n) is 4.98. The van der Waals surface area contributed by atoms with Crippen LogP contribution in [0.25, 0.3) is 5.57 Å². The van der Waals surface area contributed by atoms with Crippen LogP contribution in [0.3, 0.4) is 0 Å². The molecule has 6 nitrogen and oxygen atoms in total. The van der Waals surface area contributed by atoms with E-state index in [1.165, 1.54) is 19.1 Å². The molecule has 0 aliphatic carbocycles. The van der Waals surface area contributed by atoms with Crippen molar-refractivity contribution in [3.8, 4) is 0 Å². The molecule has 2 amide bonds. The van der Waals surface area contributed by atoms with Crippen molar-refractivity contribution in [2.75, 3.05) is 28.6 Å². The Morgan fingerprint density at radius 2 is 2.04 bits per heavy atom. The second-order valence-electron chi connectivity index (χ2n) is 7.03. The van der Waals surface area contributed by atoms with Crippen LogP contribution in [-0.2, 0) is 9.59 Å². The standard InChI is InChI=1S/C21H21FN4O2/c1-13(27)24-16-8-9-26(12-16)17-5-3-15(4-6-17)23-11-19-18-10-14(22)2-7-20(18)25-21(19)28/h2-7,10-11,16,23H,8-9,12H2,1H3,(H,24,27)(H,25,28). The molecule has 0 spiro atoms. The summed E-state index contributed by atoms with van der Waals surface area (Å²) in [6.07, 6.45) is 2.52. The highest BCUT2D eigenvalue weighted by molar-refractivity contribution is 6.31. The molecular weight excluding hydrogens is 359 g/mol. The summed E-state index contributed by atoms with van der Waals surface area (Å²) < 4.78 is 13.5. The third-order valence-corrected chi connectivity index (χ3v) is 4.98. The third kappa shape index (κ3) is 3.69. The molecule has 1 unspecified atom stereocenters. The summed E-state index contributed by atoms with van der Waals surface area (Å²) in [5.41, 5.74) is 3.47. The second kappa shape index (κ2) is 7.34. The summed E-state index contributed by atoms with van der Waals surface area (Å²) in [6, 6.07) is 12.3. The molecule has 2 aromatic rings. The van der Waals surface area contributed by atoms with Crippen LogP contribution in [0, 0.1) is 5.82 Å². The summed E-state index contributed by atoms with van der Waals surface area (Å²) in [7, 11) is 0. The van der Waals surface area contributed by atoms with Gasteiger partial charge in [0.25, 0.3) is 5.91 Å². The maximum atomic E-state index is 13.5. The van der Waals surface area contributed by atoms with E-state index in [2.05, 4.69) is 20.9 Å². The number of carbonyl (C=O) groups excluding carboxylic acids is 2. The molecule has 0 aromatic heterocycles. The Hall–Kier alpha value is -3.35. The number of nitrogens with one attached hydrogen (secondary N) is 3. The smallest absolute Gasteiger partial charge is 0.257 e. The maximum Gasteiger partial charge on any atom is 0.257 e. The lowest BCUT2D eigenvalue weighted by atomic mass is 10.1. The molecule has 0 bridgehead atoms. The number of anilines is 3. The topological polar surface area (TPSA) is 73.5 Å². The number of nitrogens with zero attached hydrogens (tertiary/aromatic N) is 1. The number of amides is 2. The van der Waals surface area contributed by atoms with Gasteiger partial charge in [-0.3, -0.25) is 9.59 Å². The number of hydrogen-bond acceptors (Lipinski definition) is 4. The first-order valence-electron chi connectivity index (χ1n) is 9.20. The molecule has 7 heteroatoms. The first-order chi connectivity index (χ1) is 13.5. The van der Waals surface area contributed by atoms with Crippen molar-refractivity contribution in [2.24, 2.45) is 0 Å². The first-order valence-corrected chi connectivity index (χ1v) is 9.20. The molecule has 4 rings (SSSR count). The normalized spacial score (nSPS) is 19.5. The Labute approximate surface area is 162 Å². The second-order valence-corrected chi connectivity index (χ2v) is 7.03. The van der Waals surface area contributed by atoms with Crippen molar-refractivity contribution in [2.45, 2.75) is 19.4 Å². The lowest BCUT2D eigenvalue weighted by Crippen LogP contribution is -2.35. The van der Waals surface area contributed by atoms with Crippen molar-refractivity contribution in [3.63, 3.8) is 0 Å². The van der Waals surface area contributed by atoms with Gasteiger partial charge in [0.05, 0.1) is 5.57 Å². The van der Waals surface area contributed by atoms with Gasteiger partial charge >= 0.3 is 0 Å². The average Bonchev–Trinajstić information content (AvgIpc) is 3.24. The van der Waals surface area contributed by atoms with Gasteiger partial charge in [0, 0.05) is 54.9 Å². The Morgan fingerprint density at radius 3 is 2.79 bits per heavy atom. The van der Waals surface area contributed by atoms with Crippen molar-refractivity contribution in [3.05, 3.63) is 60.0 Å². The summed E-state index contributed by atoms with van der Waals surface area (Å²) >= 11 is 0. The van der Waals surface area contributed by atoms with Crippen molar-refractivity contribution in [1.29, 1.82) is 0 Å². The van der Waals surface area contributed by atoms with Gasteiger partial charge in [-0.1, -0.05) is 0 Å². The van der Waals surface area contributed by atoms with Crippen LogP contribution >= 0.6 is 0 Å². The molecule has 1 atom stereocenters. The van der Waals surface area contributed by atoms with Crippen molar-refractivity contribution >= 4 is 34.4 Å². The molecule has 2 aromatic carbocycles. The largest absolute Gasteiger partial charge is 0.369 e. The fourth-order valence-electron chi connectivity index (χ4n) is 3.63. The number of benzene rings is 2. The molecule has 2 aliphatic heterocycles. The predicted molar refractivity (Wildman–Crippen MR) is 108 cm³/mol. The zero-order valence-electron chi connectivity index (χ0n) is 15.5. The summed E-state index contributed by atoms with van der Waals surface area (Å²) in [6.45, 7) is 3.22. The van der Waals surface area contributed by atoms with Crippen LogP contribution < -0.4 is 20.9 Å². The van der Waals surface area contributed by atoms with Crippen molar-refractivity contribution in [1.82, 2.24) is 5.32 Å². The predicted octanol–water partition coefficient (Wildman–Crippen LogP) is 2.95. The molecule has 1 fully saturated rings. The summed E-state index contributed by atoms with van der Waals surface area (Å²) in [5, 5.41) is 8.79. The van der Waals surface area contributed by atoms with E-state index >= 15 is 0 Å². The lowest BCUT2D eigenvalue weighted by Gasteiger charge is -2.19. The lowest BCUT2D eigenvalue weighted by molar-refractivity contribution is -0.119. The van der Waals surface area contributed by atoms with Crippen LogP contribution in [0.2, 0.25) is 0 Å². The number of rotatable bonds is 4. The zero-order chi connectivity index (χ0) is 19.7. The fourth-order valence-corrected chi connectivity index (χ4v) is 3.63. The van der Waals surface area contributed by atoms with Crippen LogP contribution in [0.5, 0.6) is 0 Å². The minimum atomic E-state index is -0.381. The highest BCUT2D eigenvalue weighted by Gasteiger charge is 2.25. The molecule has 28 heavy (non-hydrogen) atoms. The Bertz CT molecular complexity index is 955. The van der Waals surface area contributed by atoms with Crippen molar-refractivity contribution < 1.29 is 14.0 Å². The van der Waals surface area contributed by atoms with E-state index < -0.39 is 0 Å². The minimum Gasteiger partial charge on any atom is -0.369 e. The van der Waals surface area contributed by atoms with Crippen LogP contribution in [0.4, 0.5) is 21.5 Å². The molecule has 2 aliphatic rings. The van der Waals surface area contributed by atoms with E-state index in [0.29, 0.717) is 16.8 Å². The van der Waals surface area contributed by atoms with Crippen LogP contribution in [-0.4, -0.2) is 30.9 Å². The summed E-state index contributed by atoms with van der Waals surface area (Å²) in [5.74, 6) is -0.642. The number of carbonyl (C=O) groups is 2. The quantitative estimate of drug-likeness (QED) is 0.713. The first kappa shape index (κ1) is 18.0. The van der Waals surface area contributed by atoms with Crippen LogP contribution in [0.15, 0.2) is 48.7 Å². The SMILES string of the molecule is CC(=O)NC1CCN(c2ccc(NC=C3C(=O)Nc4ccc(F)cc43)cc2)C1. The van der Waals surface area contributed by atoms with Gasteiger partial charge in [-0.05, 0) is 48.9 Å². The Morgan fingerprint density at radius 1 is 1.25 bits per heavy atom. The molecule has 3 N–H and O–H groups in total. The molecule has 1 saturated heterocycles. The highest BCUT2D eigenvalue weighted by Crippen LogP contribution is 2.32. The van der Waals surface area contributed by atoms with Gasteiger partial charge < -0.3 is 20.9 Å². The average molecular weight is 380 g/mol. The van der Waals surface area contributed by atoms with Gasteiger partial charge in [0.1, 0.15) is 5.82 Å². The van der Waals surface area contributed by atoms with Crippen LogP contribution in [0.1, 0.15) is 18.9 Å². The van der Waals surface area contributed by atoms with E-state index in [-0.39, 0.29) is 23.7 Å². The minimum absolute atomic E-state index is 0.00293. The van der Waals surface area contributed by atoms with Gasteiger partial charge in [-0.25, -0.2) is 4.39 Å². The fraction of sp³-hybridized carbons (Fsp3) is 0.238. The van der Waals surface area contributed by atoms with Gasteiger partial charge in [-0.15, -0.1) is 0 Å². The van der Waals surface area contributed by atoms with E-state index in [1.54, 1.807) is 12.3 Å². The highest BCUT2D eigenvalue weighted by atomic mass is 19.1.